The number of amides is 1. The number of nitrogens with zero attached hydrogens (tertiary/aromatic N) is 1. The Morgan fingerprint density at radius 1 is 1.38 bits per heavy atom. The first-order valence-corrected chi connectivity index (χ1v) is 6.70. The molecule has 0 bridgehead atoms. The van der Waals surface area contributed by atoms with Gasteiger partial charge in [0.1, 0.15) is 0 Å². The second-order valence-electron chi connectivity index (χ2n) is 5.49. The monoisotopic (exact) mass is 247 g/mol. The van der Waals surface area contributed by atoms with Gasteiger partial charge in [-0.15, -0.1) is 11.6 Å². The van der Waals surface area contributed by atoms with E-state index < -0.39 is 0 Å². The van der Waals surface area contributed by atoms with Crippen LogP contribution in [0.25, 0.3) is 0 Å². The first kappa shape index (κ1) is 15.8. The Morgan fingerprint density at radius 3 is 2.31 bits per heavy atom. The summed E-state index contributed by atoms with van der Waals surface area (Å²) in [7, 11) is 0. The number of carbonyl (C=O) groups is 1. The summed E-state index contributed by atoms with van der Waals surface area (Å²) in [4.78, 5) is 13.9. The van der Waals surface area contributed by atoms with Crippen LogP contribution in [0.1, 0.15) is 47.5 Å². The van der Waals surface area contributed by atoms with E-state index in [1.165, 1.54) is 0 Å². The molecule has 0 aliphatic heterocycles. The average molecular weight is 248 g/mol. The zero-order chi connectivity index (χ0) is 12.8. The van der Waals surface area contributed by atoms with Crippen molar-refractivity contribution >= 4 is 17.5 Å². The second kappa shape index (κ2) is 7.16. The lowest BCUT2D eigenvalue weighted by atomic mass is 9.80. The number of hydrogen-bond donors (Lipinski definition) is 0. The van der Waals surface area contributed by atoms with Crippen LogP contribution in [0.5, 0.6) is 0 Å². The van der Waals surface area contributed by atoms with Gasteiger partial charge in [-0.3, -0.25) is 4.79 Å². The third kappa shape index (κ3) is 5.74. The molecule has 1 amide bonds. The molecule has 1 unspecified atom stereocenters. The van der Waals surface area contributed by atoms with Gasteiger partial charge in [-0.2, -0.15) is 0 Å². The van der Waals surface area contributed by atoms with E-state index in [4.69, 9.17) is 11.6 Å². The Kier molecular flexibility index (Phi) is 7.05. The van der Waals surface area contributed by atoms with Crippen molar-refractivity contribution in [3.05, 3.63) is 0 Å². The molecule has 0 saturated heterocycles. The molecular weight excluding hydrogens is 222 g/mol. The fourth-order valence-electron chi connectivity index (χ4n) is 1.41. The van der Waals surface area contributed by atoms with Gasteiger partial charge in [0.15, 0.2) is 0 Å². The molecule has 0 aromatic rings. The number of hydrogen-bond acceptors (Lipinski definition) is 1. The Morgan fingerprint density at radius 2 is 1.94 bits per heavy atom. The van der Waals surface area contributed by atoms with Crippen LogP contribution < -0.4 is 0 Å². The van der Waals surface area contributed by atoms with Gasteiger partial charge >= 0.3 is 0 Å². The SMILES string of the molecule is CCN(CCCCl)C(=O)CC(C)C(C)(C)C. The molecular formula is C13H26ClNO. The fraction of sp³-hybridized carbons (Fsp3) is 0.923. The van der Waals surface area contributed by atoms with Crippen LogP contribution in [0, 0.1) is 11.3 Å². The van der Waals surface area contributed by atoms with Gasteiger partial charge in [-0.05, 0) is 24.7 Å². The predicted octanol–water partition coefficient (Wildman–Crippen LogP) is 3.54. The molecule has 0 N–H and O–H groups in total. The van der Waals surface area contributed by atoms with E-state index in [0.29, 0.717) is 18.2 Å². The Labute approximate surface area is 105 Å². The zero-order valence-electron chi connectivity index (χ0n) is 11.3. The van der Waals surface area contributed by atoms with Gasteiger partial charge in [0.2, 0.25) is 5.91 Å². The van der Waals surface area contributed by atoms with Crippen molar-refractivity contribution < 1.29 is 4.79 Å². The summed E-state index contributed by atoms with van der Waals surface area (Å²) in [6.07, 6.45) is 1.52. The lowest BCUT2D eigenvalue weighted by Crippen LogP contribution is -2.34. The summed E-state index contributed by atoms with van der Waals surface area (Å²) in [5, 5.41) is 0. The van der Waals surface area contributed by atoms with Crippen LogP contribution in [-0.4, -0.2) is 29.8 Å². The Balaban J connectivity index is 4.21. The molecule has 0 spiro atoms. The molecule has 0 aliphatic rings. The van der Waals surface area contributed by atoms with Crippen LogP contribution in [0.3, 0.4) is 0 Å². The van der Waals surface area contributed by atoms with Crippen molar-refractivity contribution in [1.82, 2.24) is 4.90 Å². The van der Waals surface area contributed by atoms with Crippen molar-refractivity contribution in [2.24, 2.45) is 11.3 Å². The predicted molar refractivity (Wildman–Crippen MR) is 70.8 cm³/mol. The number of halogens is 1. The maximum Gasteiger partial charge on any atom is 0.222 e. The van der Waals surface area contributed by atoms with Gasteiger partial charge < -0.3 is 4.90 Å². The summed E-state index contributed by atoms with van der Waals surface area (Å²) in [5.41, 5.74) is 0.196. The van der Waals surface area contributed by atoms with Crippen molar-refractivity contribution in [2.45, 2.75) is 47.5 Å². The molecule has 16 heavy (non-hydrogen) atoms. The minimum Gasteiger partial charge on any atom is -0.343 e. The second-order valence-corrected chi connectivity index (χ2v) is 5.87. The van der Waals surface area contributed by atoms with Gasteiger partial charge in [0.25, 0.3) is 0 Å². The zero-order valence-corrected chi connectivity index (χ0v) is 12.1. The molecule has 0 heterocycles. The van der Waals surface area contributed by atoms with Crippen LogP contribution in [0.15, 0.2) is 0 Å². The molecule has 0 rings (SSSR count). The summed E-state index contributed by atoms with van der Waals surface area (Å²) in [6, 6.07) is 0. The molecule has 0 aliphatic carbocycles. The van der Waals surface area contributed by atoms with Gasteiger partial charge in [-0.25, -0.2) is 0 Å². The third-order valence-corrected chi connectivity index (χ3v) is 3.52. The topological polar surface area (TPSA) is 20.3 Å². The molecule has 2 nitrogen and oxygen atoms in total. The van der Waals surface area contributed by atoms with E-state index in [0.717, 1.165) is 19.5 Å². The number of carbonyl (C=O) groups excluding carboxylic acids is 1. The average Bonchev–Trinajstić information content (AvgIpc) is 2.17. The van der Waals surface area contributed by atoms with Crippen LogP contribution in [-0.2, 0) is 4.79 Å². The summed E-state index contributed by atoms with van der Waals surface area (Å²) in [6.45, 7) is 12.3. The molecule has 3 heteroatoms. The lowest BCUT2D eigenvalue weighted by Gasteiger charge is -2.29. The first-order valence-electron chi connectivity index (χ1n) is 6.16. The highest BCUT2D eigenvalue weighted by atomic mass is 35.5. The molecule has 96 valence electrons. The van der Waals surface area contributed by atoms with Crippen molar-refractivity contribution in [1.29, 1.82) is 0 Å². The molecule has 1 atom stereocenters. The van der Waals surface area contributed by atoms with Crippen molar-refractivity contribution in [3.8, 4) is 0 Å². The van der Waals surface area contributed by atoms with Gasteiger partial charge in [0.05, 0.1) is 0 Å². The van der Waals surface area contributed by atoms with Crippen LogP contribution >= 0.6 is 11.6 Å². The van der Waals surface area contributed by atoms with E-state index in [-0.39, 0.29) is 11.3 Å². The summed E-state index contributed by atoms with van der Waals surface area (Å²) < 4.78 is 0. The maximum absolute atomic E-state index is 12.0. The van der Waals surface area contributed by atoms with Crippen LogP contribution in [0.2, 0.25) is 0 Å². The van der Waals surface area contributed by atoms with Crippen LogP contribution in [0.4, 0.5) is 0 Å². The number of rotatable bonds is 6. The van der Waals surface area contributed by atoms with Gasteiger partial charge in [0, 0.05) is 25.4 Å². The smallest absolute Gasteiger partial charge is 0.222 e. The van der Waals surface area contributed by atoms with Crippen molar-refractivity contribution in [2.75, 3.05) is 19.0 Å². The summed E-state index contributed by atoms with van der Waals surface area (Å²) >= 11 is 5.65. The maximum atomic E-state index is 12.0. The van der Waals surface area contributed by atoms with E-state index in [1.54, 1.807) is 0 Å². The normalized spacial score (nSPS) is 13.6. The number of alkyl halides is 1. The largest absolute Gasteiger partial charge is 0.343 e. The van der Waals surface area contributed by atoms with E-state index >= 15 is 0 Å². The molecule has 0 fully saturated rings. The standard InChI is InChI=1S/C13H26ClNO/c1-6-15(9-7-8-14)12(16)10-11(2)13(3,4)5/h11H,6-10H2,1-5H3. The highest BCUT2D eigenvalue weighted by Crippen LogP contribution is 2.28. The highest BCUT2D eigenvalue weighted by Gasteiger charge is 2.24. The van der Waals surface area contributed by atoms with E-state index in [1.807, 2.05) is 11.8 Å². The summed E-state index contributed by atoms with van der Waals surface area (Å²) in [5.74, 6) is 1.29. The minimum atomic E-state index is 0.196. The first-order chi connectivity index (χ1) is 7.32. The molecule has 0 aromatic heterocycles. The highest BCUT2D eigenvalue weighted by molar-refractivity contribution is 6.17. The van der Waals surface area contributed by atoms with E-state index in [2.05, 4.69) is 27.7 Å². The molecule has 0 radical (unpaired) electrons. The Hall–Kier alpha value is -0.240. The lowest BCUT2D eigenvalue weighted by molar-refractivity contribution is -0.132. The molecule has 0 aromatic carbocycles. The minimum absolute atomic E-state index is 0.196. The quantitative estimate of drug-likeness (QED) is 0.658. The van der Waals surface area contributed by atoms with Crippen molar-refractivity contribution in [3.63, 3.8) is 0 Å². The Bertz CT molecular complexity index is 210. The fourth-order valence-corrected chi connectivity index (χ4v) is 1.53. The third-order valence-electron chi connectivity index (χ3n) is 3.26. The molecule has 0 saturated carbocycles. The van der Waals surface area contributed by atoms with E-state index in [9.17, 15) is 4.79 Å². The van der Waals surface area contributed by atoms with Gasteiger partial charge in [-0.1, -0.05) is 27.7 Å².